The number of halogens is 1. The number of oxime groups is 1. The molecule has 0 aliphatic carbocycles. The lowest BCUT2D eigenvalue weighted by Crippen LogP contribution is -2.14. The standard InChI is InChI=1S/C14H14ClN3O2/c15-13-8-17-6-5-11(13)9-20-12-3-1-10(2-4-12)7-14(16)18-19/h1-6,8,19H,7,9H2,(H2,16,18). The summed E-state index contributed by atoms with van der Waals surface area (Å²) in [5, 5.41) is 12.0. The van der Waals surface area contributed by atoms with Crippen LogP contribution in [0.4, 0.5) is 0 Å². The second kappa shape index (κ2) is 6.77. The normalized spacial score (nSPS) is 11.3. The third-order valence-corrected chi connectivity index (χ3v) is 3.03. The highest BCUT2D eigenvalue weighted by atomic mass is 35.5. The molecule has 0 fully saturated rings. The quantitative estimate of drug-likeness (QED) is 0.384. The summed E-state index contributed by atoms with van der Waals surface area (Å²) < 4.78 is 5.64. The molecule has 1 heterocycles. The molecule has 104 valence electrons. The van der Waals surface area contributed by atoms with Crippen LogP contribution in [0.1, 0.15) is 11.1 Å². The van der Waals surface area contributed by atoms with Gasteiger partial charge in [-0.05, 0) is 23.8 Å². The smallest absolute Gasteiger partial charge is 0.143 e. The molecule has 2 aromatic rings. The third-order valence-electron chi connectivity index (χ3n) is 2.69. The number of rotatable bonds is 5. The number of ether oxygens (including phenoxy) is 1. The summed E-state index contributed by atoms with van der Waals surface area (Å²) in [7, 11) is 0. The van der Waals surface area contributed by atoms with Gasteiger partial charge in [-0.25, -0.2) is 0 Å². The lowest BCUT2D eigenvalue weighted by molar-refractivity contribution is 0.306. The van der Waals surface area contributed by atoms with Crippen molar-refractivity contribution in [2.24, 2.45) is 10.9 Å². The van der Waals surface area contributed by atoms with Crippen LogP contribution < -0.4 is 10.5 Å². The van der Waals surface area contributed by atoms with Crippen molar-refractivity contribution in [3.05, 3.63) is 58.9 Å². The first-order valence-electron chi connectivity index (χ1n) is 5.95. The molecule has 5 nitrogen and oxygen atoms in total. The Morgan fingerprint density at radius 2 is 2.05 bits per heavy atom. The van der Waals surface area contributed by atoms with Crippen molar-refractivity contribution in [2.75, 3.05) is 0 Å². The van der Waals surface area contributed by atoms with Crippen LogP contribution in [-0.2, 0) is 13.0 Å². The van der Waals surface area contributed by atoms with Gasteiger partial charge in [0.25, 0.3) is 0 Å². The van der Waals surface area contributed by atoms with Gasteiger partial charge in [0.1, 0.15) is 18.2 Å². The SMILES string of the molecule is NC(Cc1ccc(OCc2ccncc2Cl)cc1)=NO. The Kier molecular flexibility index (Phi) is 4.79. The van der Waals surface area contributed by atoms with Gasteiger partial charge in [-0.1, -0.05) is 28.9 Å². The Balaban J connectivity index is 1.96. The van der Waals surface area contributed by atoms with E-state index >= 15 is 0 Å². The largest absolute Gasteiger partial charge is 0.489 e. The molecule has 2 rings (SSSR count). The molecule has 1 aromatic carbocycles. The van der Waals surface area contributed by atoms with Crippen LogP contribution >= 0.6 is 11.6 Å². The van der Waals surface area contributed by atoms with Crippen LogP contribution in [0.25, 0.3) is 0 Å². The molecule has 0 saturated heterocycles. The molecule has 0 aliphatic rings. The Morgan fingerprint density at radius 1 is 1.30 bits per heavy atom. The summed E-state index contributed by atoms with van der Waals surface area (Å²) in [5.74, 6) is 0.892. The van der Waals surface area contributed by atoms with Gasteiger partial charge in [0.15, 0.2) is 0 Å². The Hall–Kier alpha value is -2.27. The maximum Gasteiger partial charge on any atom is 0.143 e. The van der Waals surface area contributed by atoms with E-state index in [4.69, 9.17) is 27.3 Å². The molecule has 20 heavy (non-hydrogen) atoms. The van der Waals surface area contributed by atoms with Crippen molar-refractivity contribution in [2.45, 2.75) is 13.0 Å². The van der Waals surface area contributed by atoms with Crippen molar-refractivity contribution in [1.29, 1.82) is 0 Å². The van der Waals surface area contributed by atoms with E-state index in [1.54, 1.807) is 12.4 Å². The number of hydrogen-bond donors (Lipinski definition) is 2. The molecule has 3 N–H and O–H groups in total. The van der Waals surface area contributed by atoms with E-state index in [1.807, 2.05) is 30.3 Å². The number of pyridine rings is 1. The highest BCUT2D eigenvalue weighted by Crippen LogP contribution is 2.18. The summed E-state index contributed by atoms with van der Waals surface area (Å²) in [5.41, 5.74) is 7.26. The van der Waals surface area contributed by atoms with Crippen molar-refractivity contribution < 1.29 is 9.94 Å². The first-order valence-corrected chi connectivity index (χ1v) is 6.33. The minimum atomic E-state index is 0.169. The molecule has 0 atom stereocenters. The number of benzene rings is 1. The second-order valence-corrected chi connectivity index (χ2v) is 4.58. The van der Waals surface area contributed by atoms with Crippen LogP contribution in [-0.4, -0.2) is 16.0 Å². The predicted molar refractivity (Wildman–Crippen MR) is 77.1 cm³/mol. The van der Waals surface area contributed by atoms with Crippen LogP contribution in [0.2, 0.25) is 5.02 Å². The van der Waals surface area contributed by atoms with Crippen LogP contribution in [0.15, 0.2) is 47.9 Å². The topological polar surface area (TPSA) is 80.7 Å². The van der Waals surface area contributed by atoms with Crippen molar-refractivity contribution >= 4 is 17.4 Å². The van der Waals surface area contributed by atoms with Gasteiger partial charge < -0.3 is 15.7 Å². The minimum Gasteiger partial charge on any atom is -0.489 e. The fraction of sp³-hybridized carbons (Fsp3) is 0.143. The van der Waals surface area contributed by atoms with Crippen molar-refractivity contribution in [1.82, 2.24) is 4.98 Å². The molecule has 6 heteroatoms. The van der Waals surface area contributed by atoms with Crippen molar-refractivity contribution in [3.63, 3.8) is 0 Å². The van der Waals surface area contributed by atoms with Gasteiger partial charge in [-0.15, -0.1) is 0 Å². The Bertz CT molecular complexity index is 600. The van der Waals surface area contributed by atoms with E-state index in [2.05, 4.69) is 10.1 Å². The summed E-state index contributed by atoms with van der Waals surface area (Å²) in [4.78, 5) is 3.92. The Labute approximate surface area is 121 Å². The van der Waals surface area contributed by atoms with E-state index < -0.39 is 0 Å². The highest BCUT2D eigenvalue weighted by molar-refractivity contribution is 6.31. The molecule has 0 unspecified atom stereocenters. The summed E-state index contributed by atoms with van der Waals surface area (Å²) in [6, 6.07) is 9.20. The van der Waals surface area contributed by atoms with Gasteiger partial charge in [0.2, 0.25) is 0 Å². The average Bonchev–Trinajstić information content (AvgIpc) is 2.48. The van der Waals surface area contributed by atoms with Gasteiger partial charge in [0.05, 0.1) is 5.02 Å². The van der Waals surface area contributed by atoms with E-state index in [9.17, 15) is 0 Å². The molecule has 0 bridgehead atoms. The highest BCUT2D eigenvalue weighted by Gasteiger charge is 2.02. The fourth-order valence-electron chi connectivity index (χ4n) is 1.63. The molecule has 0 aliphatic heterocycles. The summed E-state index contributed by atoms with van der Waals surface area (Å²) in [6.45, 7) is 0.376. The number of aromatic nitrogens is 1. The maximum atomic E-state index is 8.51. The minimum absolute atomic E-state index is 0.169. The van der Waals surface area contributed by atoms with Crippen LogP contribution in [0, 0.1) is 0 Å². The first-order chi connectivity index (χ1) is 9.69. The molecule has 0 spiro atoms. The number of amidine groups is 1. The van der Waals surface area contributed by atoms with E-state index in [-0.39, 0.29) is 5.84 Å². The molecular formula is C14H14ClN3O2. The maximum absolute atomic E-state index is 8.51. The van der Waals surface area contributed by atoms with Gasteiger partial charge in [-0.2, -0.15) is 0 Å². The van der Waals surface area contributed by atoms with Gasteiger partial charge in [-0.3, -0.25) is 4.98 Å². The predicted octanol–water partition coefficient (Wildman–Crippen LogP) is 2.60. The summed E-state index contributed by atoms with van der Waals surface area (Å²) >= 11 is 6.00. The molecule has 0 amide bonds. The zero-order valence-electron chi connectivity index (χ0n) is 10.7. The molecule has 0 radical (unpaired) electrons. The molecule has 1 aromatic heterocycles. The third kappa shape index (κ3) is 3.86. The monoisotopic (exact) mass is 291 g/mol. The van der Waals surface area contributed by atoms with Gasteiger partial charge in [0, 0.05) is 24.4 Å². The van der Waals surface area contributed by atoms with Gasteiger partial charge >= 0.3 is 0 Å². The zero-order valence-corrected chi connectivity index (χ0v) is 11.4. The first kappa shape index (κ1) is 14.1. The van der Waals surface area contributed by atoms with E-state index in [0.29, 0.717) is 18.1 Å². The van der Waals surface area contributed by atoms with Crippen LogP contribution in [0.5, 0.6) is 5.75 Å². The number of nitrogens with two attached hydrogens (primary N) is 1. The number of hydrogen-bond acceptors (Lipinski definition) is 4. The fourth-order valence-corrected chi connectivity index (χ4v) is 1.80. The van der Waals surface area contributed by atoms with Crippen LogP contribution in [0.3, 0.4) is 0 Å². The lowest BCUT2D eigenvalue weighted by atomic mass is 10.1. The second-order valence-electron chi connectivity index (χ2n) is 4.17. The average molecular weight is 292 g/mol. The summed E-state index contributed by atoms with van der Waals surface area (Å²) in [6.07, 6.45) is 3.65. The molecule has 0 saturated carbocycles. The number of nitrogens with zero attached hydrogens (tertiary/aromatic N) is 2. The lowest BCUT2D eigenvalue weighted by Gasteiger charge is -2.08. The molecular weight excluding hydrogens is 278 g/mol. The van der Waals surface area contributed by atoms with Crippen molar-refractivity contribution in [3.8, 4) is 5.75 Å². The zero-order chi connectivity index (χ0) is 14.4. The van der Waals surface area contributed by atoms with E-state index in [1.165, 1.54) is 0 Å². The van der Waals surface area contributed by atoms with E-state index in [0.717, 1.165) is 16.9 Å². The Morgan fingerprint density at radius 3 is 2.70 bits per heavy atom.